The maximum atomic E-state index is 9.40. The van der Waals surface area contributed by atoms with Crippen molar-refractivity contribution in [2.75, 3.05) is 6.61 Å². The van der Waals surface area contributed by atoms with Crippen LogP contribution in [0.25, 0.3) is 0 Å². The molecule has 0 aliphatic heterocycles. The largest absolute Gasteiger partial charge is 0.396 e. The fourth-order valence-corrected chi connectivity index (χ4v) is 3.70. The highest BCUT2D eigenvalue weighted by molar-refractivity contribution is 7.79. The highest BCUT2D eigenvalue weighted by Crippen LogP contribution is 2.23. The molecular weight excluding hydrogens is 258 g/mol. The van der Waals surface area contributed by atoms with Gasteiger partial charge in [0, 0.05) is 12.3 Å². The second-order valence-corrected chi connectivity index (χ2v) is 6.27. The molecule has 1 aromatic carbocycles. The molecule has 0 aliphatic carbocycles. The van der Waals surface area contributed by atoms with Gasteiger partial charge in [0.15, 0.2) is 3.95 Å². The summed E-state index contributed by atoms with van der Waals surface area (Å²) in [5, 5.41) is 10.4. The van der Waals surface area contributed by atoms with E-state index in [1.807, 2.05) is 30.3 Å². The average Bonchev–Trinajstić information content (AvgIpc) is 2.73. The number of aromatic nitrogens is 1. The van der Waals surface area contributed by atoms with Gasteiger partial charge in [-0.25, -0.2) is 4.98 Å². The van der Waals surface area contributed by atoms with E-state index in [0.29, 0.717) is 3.95 Å². The van der Waals surface area contributed by atoms with Gasteiger partial charge in [-0.2, -0.15) is 0 Å². The van der Waals surface area contributed by atoms with E-state index in [1.54, 1.807) is 10.3 Å². The molecule has 0 amide bonds. The Labute approximate surface area is 107 Å². The molecule has 0 saturated heterocycles. The quantitative estimate of drug-likeness (QED) is 0.683. The van der Waals surface area contributed by atoms with Crippen LogP contribution in [-0.4, -0.2) is 16.7 Å². The standard InChI is InChI=1S/C11H11NOS3/c13-7-9(8-4-2-1-3-5-8)6-10-12-11(14)16-15-10/h1-5,9,13H,6-7H2. The summed E-state index contributed by atoms with van der Waals surface area (Å²) in [4.78, 5) is 4.26. The zero-order chi connectivity index (χ0) is 11.4. The number of nitrogens with zero attached hydrogens (tertiary/aromatic N) is 1. The van der Waals surface area contributed by atoms with Gasteiger partial charge in [0.25, 0.3) is 0 Å². The van der Waals surface area contributed by atoms with Crippen molar-refractivity contribution in [1.82, 2.24) is 4.98 Å². The van der Waals surface area contributed by atoms with Gasteiger partial charge in [0.05, 0.1) is 6.61 Å². The van der Waals surface area contributed by atoms with E-state index < -0.39 is 0 Å². The van der Waals surface area contributed by atoms with Gasteiger partial charge in [-0.05, 0) is 28.1 Å². The highest BCUT2D eigenvalue weighted by atomic mass is 32.9. The Hall–Kier alpha value is -0.620. The monoisotopic (exact) mass is 269 g/mol. The van der Waals surface area contributed by atoms with Crippen LogP contribution >= 0.6 is 32.9 Å². The molecular formula is C11H11NOS3. The number of hydrogen-bond acceptors (Lipinski definition) is 5. The van der Waals surface area contributed by atoms with Crippen LogP contribution in [0.15, 0.2) is 30.3 Å². The number of aliphatic hydroxyl groups is 1. The first-order valence-electron chi connectivity index (χ1n) is 4.91. The summed E-state index contributed by atoms with van der Waals surface area (Å²) in [7, 11) is 3.12. The number of benzene rings is 1. The van der Waals surface area contributed by atoms with Crippen molar-refractivity contribution < 1.29 is 5.11 Å². The van der Waals surface area contributed by atoms with E-state index in [1.165, 1.54) is 10.3 Å². The van der Waals surface area contributed by atoms with Crippen molar-refractivity contribution in [3.8, 4) is 0 Å². The van der Waals surface area contributed by atoms with Gasteiger partial charge < -0.3 is 5.11 Å². The molecule has 1 unspecified atom stereocenters. The van der Waals surface area contributed by atoms with Crippen molar-refractivity contribution in [1.29, 1.82) is 0 Å². The zero-order valence-corrected chi connectivity index (χ0v) is 10.9. The number of rotatable bonds is 4. The Balaban J connectivity index is 2.15. The van der Waals surface area contributed by atoms with Crippen molar-refractivity contribution in [3.05, 3.63) is 44.9 Å². The minimum absolute atomic E-state index is 0.119. The molecule has 5 heteroatoms. The third-order valence-corrected chi connectivity index (χ3v) is 5.06. The molecule has 0 radical (unpaired) electrons. The lowest BCUT2D eigenvalue weighted by Gasteiger charge is -2.12. The van der Waals surface area contributed by atoms with Gasteiger partial charge in [0.1, 0.15) is 5.01 Å². The van der Waals surface area contributed by atoms with Gasteiger partial charge in [0.2, 0.25) is 0 Å². The third-order valence-electron chi connectivity index (χ3n) is 2.34. The van der Waals surface area contributed by atoms with Crippen LogP contribution in [0.5, 0.6) is 0 Å². The van der Waals surface area contributed by atoms with E-state index in [-0.39, 0.29) is 12.5 Å². The van der Waals surface area contributed by atoms with Gasteiger partial charge >= 0.3 is 0 Å². The minimum Gasteiger partial charge on any atom is -0.396 e. The molecule has 2 rings (SSSR count). The van der Waals surface area contributed by atoms with E-state index in [0.717, 1.165) is 17.0 Å². The molecule has 16 heavy (non-hydrogen) atoms. The summed E-state index contributed by atoms with van der Waals surface area (Å²) in [5.41, 5.74) is 1.15. The second kappa shape index (κ2) is 5.63. The van der Waals surface area contributed by atoms with Crippen LogP contribution in [-0.2, 0) is 6.42 Å². The van der Waals surface area contributed by atoms with Crippen molar-refractivity contribution >= 4 is 32.9 Å². The Morgan fingerprint density at radius 2 is 2.00 bits per heavy atom. The van der Waals surface area contributed by atoms with E-state index in [9.17, 15) is 5.11 Å². The van der Waals surface area contributed by atoms with E-state index >= 15 is 0 Å². The number of aliphatic hydroxyl groups excluding tert-OH is 1. The Morgan fingerprint density at radius 3 is 2.56 bits per heavy atom. The number of hydrogen-bond donors (Lipinski definition) is 1. The van der Waals surface area contributed by atoms with Gasteiger partial charge in [-0.15, -0.1) is 0 Å². The third kappa shape index (κ3) is 2.95. The fourth-order valence-electron chi connectivity index (χ4n) is 1.53. The molecule has 1 aromatic heterocycles. The SMILES string of the molecule is OCC(Cc1nc(=S)ss1)c1ccccc1. The average molecular weight is 269 g/mol. The summed E-state index contributed by atoms with van der Waals surface area (Å²) in [6.07, 6.45) is 0.762. The Bertz CT molecular complexity index is 491. The lowest BCUT2D eigenvalue weighted by molar-refractivity contribution is 0.264. The molecule has 0 spiro atoms. The van der Waals surface area contributed by atoms with Crippen molar-refractivity contribution in [2.24, 2.45) is 0 Å². The highest BCUT2D eigenvalue weighted by Gasteiger charge is 2.12. The predicted octanol–water partition coefficient (Wildman–Crippen LogP) is 3.25. The first-order chi connectivity index (χ1) is 7.79. The molecule has 84 valence electrons. The van der Waals surface area contributed by atoms with Crippen LogP contribution in [0.1, 0.15) is 16.5 Å². The van der Waals surface area contributed by atoms with Crippen LogP contribution in [0.3, 0.4) is 0 Å². The molecule has 0 saturated carbocycles. The van der Waals surface area contributed by atoms with Crippen LogP contribution in [0.2, 0.25) is 0 Å². The lowest BCUT2D eigenvalue weighted by atomic mass is 9.97. The van der Waals surface area contributed by atoms with Gasteiger partial charge in [-0.1, -0.05) is 40.7 Å². The van der Waals surface area contributed by atoms with E-state index in [4.69, 9.17) is 12.2 Å². The Kier molecular flexibility index (Phi) is 4.17. The van der Waals surface area contributed by atoms with Crippen molar-refractivity contribution in [2.45, 2.75) is 12.3 Å². The molecule has 0 bridgehead atoms. The predicted molar refractivity (Wildman–Crippen MR) is 70.8 cm³/mol. The fraction of sp³-hybridized carbons (Fsp3) is 0.273. The lowest BCUT2D eigenvalue weighted by Crippen LogP contribution is -2.07. The molecule has 0 fully saturated rings. The summed E-state index contributed by atoms with van der Waals surface area (Å²) >= 11 is 4.99. The first kappa shape index (κ1) is 11.9. The minimum atomic E-state index is 0.119. The maximum Gasteiger partial charge on any atom is 0.191 e. The second-order valence-electron chi connectivity index (χ2n) is 3.43. The van der Waals surface area contributed by atoms with Gasteiger partial charge in [-0.3, -0.25) is 0 Å². The summed E-state index contributed by atoms with van der Waals surface area (Å²) in [6, 6.07) is 10.0. The van der Waals surface area contributed by atoms with Crippen LogP contribution in [0, 0.1) is 3.95 Å². The van der Waals surface area contributed by atoms with Crippen LogP contribution < -0.4 is 0 Å². The maximum absolute atomic E-state index is 9.40. The molecule has 0 aliphatic rings. The molecule has 2 nitrogen and oxygen atoms in total. The topological polar surface area (TPSA) is 33.1 Å². The smallest absolute Gasteiger partial charge is 0.191 e. The molecule has 1 atom stereocenters. The molecule has 1 heterocycles. The van der Waals surface area contributed by atoms with E-state index in [2.05, 4.69) is 4.98 Å². The first-order valence-corrected chi connectivity index (χ1v) is 7.47. The summed E-state index contributed by atoms with van der Waals surface area (Å²) in [6.45, 7) is 0.140. The molecule has 2 aromatic rings. The summed E-state index contributed by atoms with van der Waals surface area (Å²) in [5.74, 6) is 0.119. The normalized spacial score (nSPS) is 12.6. The Morgan fingerprint density at radius 1 is 1.25 bits per heavy atom. The summed E-state index contributed by atoms with van der Waals surface area (Å²) < 4.78 is 0.685. The zero-order valence-electron chi connectivity index (χ0n) is 8.50. The van der Waals surface area contributed by atoms with Crippen LogP contribution in [0.4, 0.5) is 0 Å². The van der Waals surface area contributed by atoms with Crippen molar-refractivity contribution in [3.63, 3.8) is 0 Å². The molecule has 1 N–H and O–H groups in total.